The van der Waals surface area contributed by atoms with Crippen LogP contribution in [-0.4, -0.2) is 52.2 Å². The summed E-state index contributed by atoms with van der Waals surface area (Å²) >= 11 is 6.20. The zero-order valence-electron chi connectivity index (χ0n) is 15.5. The van der Waals surface area contributed by atoms with Crippen LogP contribution in [0.1, 0.15) is 34.6 Å². The van der Waals surface area contributed by atoms with E-state index in [1.165, 1.54) is 0 Å². The largest absolute Gasteiger partial charge is 0.369 e. The van der Waals surface area contributed by atoms with Crippen LogP contribution in [0.2, 0.25) is 5.02 Å². The topological polar surface area (TPSA) is 93.2 Å². The first kappa shape index (κ1) is 19.4. The molecule has 1 aromatic heterocycles. The van der Waals surface area contributed by atoms with Gasteiger partial charge in [0.1, 0.15) is 0 Å². The fraction of sp³-hybridized carbons (Fsp3) is 0.421. The highest BCUT2D eigenvalue weighted by molar-refractivity contribution is 6.31. The Morgan fingerprint density at radius 1 is 1.22 bits per heavy atom. The summed E-state index contributed by atoms with van der Waals surface area (Å²) in [5.74, 6) is -0.414. The van der Waals surface area contributed by atoms with Gasteiger partial charge in [0.15, 0.2) is 0 Å². The molecule has 1 fully saturated rings. The van der Waals surface area contributed by atoms with Gasteiger partial charge in [-0.2, -0.15) is 5.10 Å². The van der Waals surface area contributed by atoms with Crippen LogP contribution < -0.4 is 11.1 Å². The van der Waals surface area contributed by atoms with Crippen molar-refractivity contribution < 1.29 is 9.59 Å². The summed E-state index contributed by atoms with van der Waals surface area (Å²) in [5, 5.41) is 8.14. The Labute approximate surface area is 163 Å². The maximum atomic E-state index is 12.5. The smallest absolute Gasteiger partial charge is 0.251 e. The van der Waals surface area contributed by atoms with E-state index < -0.39 is 0 Å². The Kier molecular flexibility index (Phi) is 5.82. The number of carbonyl (C=O) groups excluding carboxylic acids is 2. The highest BCUT2D eigenvalue weighted by Gasteiger charge is 2.22. The van der Waals surface area contributed by atoms with Gasteiger partial charge in [0.25, 0.3) is 5.91 Å². The van der Waals surface area contributed by atoms with E-state index in [0.717, 1.165) is 43.0 Å². The van der Waals surface area contributed by atoms with Crippen molar-refractivity contribution in [1.82, 2.24) is 20.0 Å². The molecule has 1 aliphatic heterocycles. The van der Waals surface area contributed by atoms with Crippen molar-refractivity contribution in [3.63, 3.8) is 0 Å². The predicted molar refractivity (Wildman–Crippen MR) is 104 cm³/mol. The summed E-state index contributed by atoms with van der Waals surface area (Å²) in [5.41, 5.74) is 8.33. The molecule has 144 valence electrons. The number of likely N-dealkylation sites (tertiary alicyclic amines) is 1. The number of amides is 2. The number of nitrogens with zero attached hydrogens (tertiary/aromatic N) is 3. The number of hydrogen-bond donors (Lipinski definition) is 2. The summed E-state index contributed by atoms with van der Waals surface area (Å²) in [7, 11) is 0. The number of piperidine rings is 1. The maximum Gasteiger partial charge on any atom is 0.251 e. The highest BCUT2D eigenvalue weighted by atomic mass is 35.5. The lowest BCUT2D eigenvalue weighted by Crippen LogP contribution is -2.46. The third-order valence-electron chi connectivity index (χ3n) is 4.88. The second-order valence-corrected chi connectivity index (χ2v) is 7.31. The van der Waals surface area contributed by atoms with E-state index in [-0.39, 0.29) is 24.4 Å². The first-order chi connectivity index (χ1) is 12.8. The normalized spacial score (nSPS) is 15.7. The van der Waals surface area contributed by atoms with E-state index in [1.54, 1.807) is 16.8 Å². The first-order valence-corrected chi connectivity index (χ1v) is 9.36. The minimum atomic E-state index is -0.318. The molecule has 0 saturated carbocycles. The average molecular weight is 390 g/mol. The molecule has 2 amide bonds. The van der Waals surface area contributed by atoms with E-state index in [9.17, 15) is 9.59 Å². The van der Waals surface area contributed by atoms with Gasteiger partial charge >= 0.3 is 0 Å². The lowest BCUT2D eigenvalue weighted by molar-refractivity contribution is -0.119. The lowest BCUT2D eigenvalue weighted by Gasteiger charge is -2.31. The average Bonchev–Trinajstić information content (AvgIpc) is 2.90. The fourth-order valence-corrected chi connectivity index (χ4v) is 3.47. The van der Waals surface area contributed by atoms with Crippen LogP contribution in [-0.2, 0) is 4.79 Å². The van der Waals surface area contributed by atoms with E-state index in [2.05, 4.69) is 10.4 Å². The quantitative estimate of drug-likeness (QED) is 0.815. The van der Waals surface area contributed by atoms with Crippen molar-refractivity contribution in [2.24, 2.45) is 5.73 Å². The van der Waals surface area contributed by atoms with Crippen molar-refractivity contribution in [2.75, 3.05) is 19.6 Å². The van der Waals surface area contributed by atoms with Gasteiger partial charge < -0.3 is 11.1 Å². The number of hydrogen-bond acceptors (Lipinski definition) is 4. The molecule has 1 aliphatic rings. The SMILES string of the molecule is Cc1nn(-c2ccc(C(=O)NC3CCN(CC(N)=O)CC3)cc2)c(C)c1Cl. The first-order valence-electron chi connectivity index (χ1n) is 8.99. The van der Waals surface area contributed by atoms with Gasteiger partial charge in [-0.05, 0) is 51.0 Å². The van der Waals surface area contributed by atoms with Crippen LogP contribution in [0.5, 0.6) is 0 Å². The number of benzene rings is 1. The second kappa shape index (κ2) is 8.10. The van der Waals surface area contributed by atoms with Gasteiger partial charge in [-0.1, -0.05) is 11.6 Å². The molecule has 27 heavy (non-hydrogen) atoms. The van der Waals surface area contributed by atoms with Gasteiger partial charge in [0.2, 0.25) is 5.91 Å². The third kappa shape index (κ3) is 4.48. The molecular weight excluding hydrogens is 366 g/mol. The summed E-state index contributed by atoms with van der Waals surface area (Å²) in [6.07, 6.45) is 1.61. The van der Waals surface area contributed by atoms with Crippen LogP contribution in [0.25, 0.3) is 5.69 Å². The molecule has 0 radical (unpaired) electrons. The Hall–Kier alpha value is -2.38. The summed E-state index contributed by atoms with van der Waals surface area (Å²) in [6.45, 7) is 5.56. The van der Waals surface area contributed by atoms with Crippen LogP contribution in [0.4, 0.5) is 0 Å². The van der Waals surface area contributed by atoms with E-state index >= 15 is 0 Å². The molecule has 2 aromatic rings. The molecule has 0 atom stereocenters. The second-order valence-electron chi connectivity index (χ2n) is 6.93. The maximum absolute atomic E-state index is 12.5. The van der Waals surface area contributed by atoms with Crippen molar-refractivity contribution in [1.29, 1.82) is 0 Å². The summed E-state index contributed by atoms with van der Waals surface area (Å²) in [4.78, 5) is 25.5. The zero-order valence-corrected chi connectivity index (χ0v) is 16.3. The van der Waals surface area contributed by atoms with Crippen molar-refractivity contribution in [3.05, 3.63) is 46.2 Å². The van der Waals surface area contributed by atoms with E-state index in [0.29, 0.717) is 10.6 Å². The van der Waals surface area contributed by atoms with Crippen LogP contribution in [0, 0.1) is 13.8 Å². The van der Waals surface area contributed by atoms with Crippen molar-refractivity contribution >= 4 is 23.4 Å². The van der Waals surface area contributed by atoms with Crippen molar-refractivity contribution in [3.8, 4) is 5.69 Å². The van der Waals surface area contributed by atoms with Gasteiger partial charge in [-0.25, -0.2) is 4.68 Å². The molecule has 1 saturated heterocycles. The summed E-state index contributed by atoms with van der Waals surface area (Å²) in [6, 6.07) is 7.41. The molecule has 1 aromatic carbocycles. The van der Waals surface area contributed by atoms with Gasteiger partial charge in [0, 0.05) is 24.7 Å². The molecule has 0 spiro atoms. The van der Waals surface area contributed by atoms with Gasteiger partial charge in [-0.15, -0.1) is 0 Å². The standard InChI is InChI=1S/C19H24ClN5O2/c1-12-18(20)13(2)25(23-12)16-5-3-14(4-6-16)19(27)22-15-7-9-24(10-8-15)11-17(21)26/h3-6,15H,7-11H2,1-2H3,(H2,21,26)(H,22,27). The number of rotatable bonds is 5. The molecule has 0 unspecified atom stereocenters. The molecule has 3 N–H and O–H groups in total. The minimum absolute atomic E-state index is 0.0960. The lowest BCUT2D eigenvalue weighted by atomic mass is 10.0. The number of primary amides is 1. The molecule has 7 nitrogen and oxygen atoms in total. The molecule has 0 aliphatic carbocycles. The fourth-order valence-electron chi connectivity index (χ4n) is 3.35. The number of aryl methyl sites for hydroxylation is 1. The van der Waals surface area contributed by atoms with Crippen LogP contribution in [0.3, 0.4) is 0 Å². The van der Waals surface area contributed by atoms with E-state index in [4.69, 9.17) is 17.3 Å². The summed E-state index contributed by atoms with van der Waals surface area (Å²) < 4.78 is 1.77. The van der Waals surface area contributed by atoms with Crippen LogP contribution in [0.15, 0.2) is 24.3 Å². The highest BCUT2D eigenvalue weighted by Crippen LogP contribution is 2.22. The third-order valence-corrected chi connectivity index (χ3v) is 5.43. The number of halogens is 1. The van der Waals surface area contributed by atoms with Gasteiger partial charge in [0.05, 0.1) is 28.6 Å². The Balaban J connectivity index is 1.60. The predicted octanol–water partition coefficient (Wildman–Crippen LogP) is 1.82. The molecular formula is C19H24ClN5O2. The van der Waals surface area contributed by atoms with Gasteiger partial charge in [-0.3, -0.25) is 14.5 Å². The number of nitrogens with two attached hydrogens (primary N) is 1. The van der Waals surface area contributed by atoms with Crippen molar-refractivity contribution in [2.45, 2.75) is 32.7 Å². The van der Waals surface area contributed by atoms with E-state index in [1.807, 2.05) is 30.9 Å². The molecule has 3 rings (SSSR count). The molecule has 0 bridgehead atoms. The minimum Gasteiger partial charge on any atom is -0.369 e. The Morgan fingerprint density at radius 3 is 2.37 bits per heavy atom. The number of aromatic nitrogens is 2. The van der Waals surface area contributed by atoms with Crippen LogP contribution >= 0.6 is 11.6 Å². The Bertz CT molecular complexity index is 839. The zero-order chi connectivity index (χ0) is 19.6. The molecule has 2 heterocycles. The monoisotopic (exact) mass is 389 g/mol. The number of carbonyl (C=O) groups is 2. The Morgan fingerprint density at radius 2 is 1.85 bits per heavy atom. The molecule has 8 heteroatoms. The number of nitrogens with one attached hydrogen (secondary N) is 1.